The maximum atomic E-state index is 11.7. The average molecular weight is 356 g/mol. The summed E-state index contributed by atoms with van der Waals surface area (Å²) in [6.45, 7) is 7.44. The summed E-state index contributed by atoms with van der Waals surface area (Å²) in [4.78, 5) is 18.4. The van der Waals surface area contributed by atoms with Crippen LogP contribution in [0, 0.1) is 6.92 Å². The van der Waals surface area contributed by atoms with E-state index in [1.807, 2.05) is 6.07 Å². The van der Waals surface area contributed by atoms with E-state index < -0.39 is 0 Å². The normalized spacial score (nSPS) is 21.9. The molecule has 0 saturated carbocycles. The molecule has 114 valence electrons. The predicted molar refractivity (Wildman–Crippen MR) is 83.3 cm³/mol. The maximum Gasteiger partial charge on any atom is 0.349 e. The summed E-state index contributed by atoms with van der Waals surface area (Å²) in [7, 11) is 0. The molecule has 0 bridgehead atoms. The minimum Gasteiger partial charge on any atom is -0.368 e. The van der Waals surface area contributed by atoms with Gasteiger partial charge in [-0.2, -0.15) is 5.10 Å². The van der Waals surface area contributed by atoms with Crippen LogP contribution < -0.4 is 10.6 Å². The number of nitrogens with one attached hydrogen (secondary N) is 1. The lowest BCUT2D eigenvalue weighted by Gasteiger charge is -2.43. The van der Waals surface area contributed by atoms with Gasteiger partial charge in [0.15, 0.2) is 5.65 Å². The molecule has 8 heteroatoms. The van der Waals surface area contributed by atoms with Crippen LogP contribution in [0.1, 0.15) is 19.7 Å². The predicted octanol–water partition coefficient (Wildman–Crippen LogP) is 1.10. The Kier molecular flexibility index (Phi) is 3.53. The molecule has 1 atom stereocenters. The Morgan fingerprint density at radius 1 is 1.57 bits per heavy atom. The second-order valence-electron chi connectivity index (χ2n) is 5.92. The number of aromatic amines is 1. The Hall–Kier alpha value is -1.41. The van der Waals surface area contributed by atoms with E-state index in [2.05, 4.69) is 49.9 Å². The molecule has 1 N–H and O–H groups in total. The Morgan fingerprint density at radius 2 is 2.33 bits per heavy atom. The van der Waals surface area contributed by atoms with Crippen molar-refractivity contribution in [1.29, 1.82) is 0 Å². The van der Waals surface area contributed by atoms with Crippen molar-refractivity contribution in [3.63, 3.8) is 0 Å². The highest BCUT2D eigenvalue weighted by atomic mass is 79.9. The Morgan fingerprint density at radius 3 is 3.05 bits per heavy atom. The second kappa shape index (κ2) is 5.10. The molecule has 21 heavy (non-hydrogen) atoms. The number of hydrogen-bond donors (Lipinski definition) is 1. The summed E-state index contributed by atoms with van der Waals surface area (Å²) in [5, 5.41) is 7.25. The monoisotopic (exact) mass is 355 g/mol. The molecule has 0 radical (unpaired) electrons. The minimum atomic E-state index is -0.262. The van der Waals surface area contributed by atoms with Crippen LogP contribution in [0.3, 0.4) is 0 Å². The van der Waals surface area contributed by atoms with Crippen LogP contribution in [0.2, 0.25) is 0 Å². The van der Waals surface area contributed by atoms with Gasteiger partial charge in [0.25, 0.3) is 0 Å². The minimum absolute atomic E-state index is 0.105. The number of aromatic nitrogens is 4. The van der Waals surface area contributed by atoms with Gasteiger partial charge >= 0.3 is 5.69 Å². The second-order valence-corrected chi connectivity index (χ2v) is 6.57. The highest BCUT2D eigenvalue weighted by Crippen LogP contribution is 2.26. The van der Waals surface area contributed by atoms with Gasteiger partial charge in [0.2, 0.25) is 0 Å². The van der Waals surface area contributed by atoms with Gasteiger partial charge in [-0.25, -0.2) is 19.3 Å². The number of morpholine rings is 1. The van der Waals surface area contributed by atoms with Crippen molar-refractivity contribution in [2.24, 2.45) is 0 Å². The van der Waals surface area contributed by atoms with Gasteiger partial charge in [-0.3, -0.25) is 0 Å². The summed E-state index contributed by atoms with van der Waals surface area (Å²) in [5.74, 6) is 1.45. The number of nitrogens with zero attached hydrogens (tertiary/aromatic N) is 4. The number of rotatable bonds is 2. The molecule has 7 nitrogen and oxygen atoms in total. The van der Waals surface area contributed by atoms with Gasteiger partial charge < -0.3 is 9.64 Å². The van der Waals surface area contributed by atoms with E-state index in [1.54, 1.807) is 6.92 Å². The number of alkyl halides is 1. The van der Waals surface area contributed by atoms with Gasteiger partial charge in [0, 0.05) is 24.5 Å². The first-order chi connectivity index (χ1) is 9.89. The van der Waals surface area contributed by atoms with Crippen LogP contribution in [0.25, 0.3) is 5.65 Å². The molecular formula is C13H18BrN5O2. The van der Waals surface area contributed by atoms with Crippen LogP contribution in [0.15, 0.2) is 10.9 Å². The van der Waals surface area contributed by atoms with Crippen LogP contribution in [0.5, 0.6) is 0 Å². The van der Waals surface area contributed by atoms with E-state index in [0.717, 1.165) is 24.2 Å². The lowest BCUT2D eigenvalue weighted by Crippen LogP contribution is -2.53. The summed E-state index contributed by atoms with van der Waals surface area (Å²) in [6, 6.07) is 1.83. The highest BCUT2D eigenvalue weighted by Gasteiger charge is 2.33. The fourth-order valence-electron chi connectivity index (χ4n) is 2.79. The van der Waals surface area contributed by atoms with E-state index in [9.17, 15) is 4.79 Å². The summed E-state index contributed by atoms with van der Waals surface area (Å²) in [5.41, 5.74) is 0.0771. The highest BCUT2D eigenvalue weighted by molar-refractivity contribution is 9.09. The lowest BCUT2D eigenvalue weighted by molar-refractivity contribution is -0.0726. The zero-order valence-corrected chi connectivity index (χ0v) is 13.8. The number of anilines is 1. The van der Waals surface area contributed by atoms with Crippen LogP contribution in [0.4, 0.5) is 5.82 Å². The molecule has 3 heterocycles. The third-order valence-electron chi connectivity index (χ3n) is 3.53. The summed E-state index contributed by atoms with van der Waals surface area (Å²) >= 11 is 3.49. The van der Waals surface area contributed by atoms with Crippen molar-refractivity contribution in [1.82, 2.24) is 19.6 Å². The molecule has 0 spiro atoms. The first-order valence-electron chi connectivity index (χ1n) is 6.83. The number of halogens is 1. The van der Waals surface area contributed by atoms with Gasteiger partial charge in [-0.05, 0) is 20.8 Å². The van der Waals surface area contributed by atoms with Gasteiger partial charge in [0.05, 0.1) is 11.7 Å². The zero-order chi connectivity index (χ0) is 15.2. The SMILES string of the molecule is Cc1nc(N2CC(CBr)OC(C)(C)C2)cc2n[nH]c(=O)n12. The molecule has 0 amide bonds. The third kappa shape index (κ3) is 2.69. The summed E-state index contributed by atoms with van der Waals surface area (Å²) < 4.78 is 7.47. The quantitative estimate of drug-likeness (QED) is 0.816. The van der Waals surface area contributed by atoms with Crippen LogP contribution >= 0.6 is 15.9 Å². The zero-order valence-electron chi connectivity index (χ0n) is 12.3. The van der Waals surface area contributed by atoms with Crippen molar-refractivity contribution in [2.45, 2.75) is 32.5 Å². The molecule has 1 saturated heterocycles. The fourth-order valence-corrected chi connectivity index (χ4v) is 3.13. The van der Waals surface area contributed by atoms with Gasteiger partial charge in [-0.15, -0.1) is 0 Å². The average Bonchev–Trinajstić information content (AvgIpc) is 2.79. The molecule has 1 unspecified atom stereocenters. The van der Waals surface area contributed by atoms with Crippen molar-refractivity contribution >= 4 is 27.4 Å². The van der Waals surface area contributed by atoms with Crippen molar-refractivity contribution in [2.75, 3.05) is 23.3 Å². The molecule has 1 aliphatic rings. The number of hydrogen-bond acceptors (Lipinski definition) is 5. The third-order valence-corrected chi connectivity index (χ3v) is 4.26. The van der Waals surface area contributed by atoms with E-state index in [1.165, 1.54) is 4.40 Å². The standard InChI is InChI=1S/C13H18BrN5O2/c1-8-15-10(4-11-16-17-12(20)19(8)11)18-6-9(5-14)21-13(2,3)7-18/h4,9H,5-7H2,1-3H3,(H,17,20). The topological polar surface area (TPSA) is 75.5 Å². The van der Waals surface area contributed by atoms with Gasteiger partial charge in [0.1, 0.15) is 11.6 Å². The van der Waals surface area contributed by atoms with Crippen molar-refractivity contribution in [3.05, 3.63) is 22.4 Å². The largest absolute Gasteiger partial charge is 0.368 e. The summed E-state index contributed by atoms with van der Waals surface area (Å²) in [6.07, 6.45) is 0.105. The van der Waals surface area contributed by atoms with Gasteiger partial charge in [-0.1, -0.05) is 15.9 Å². The maximum absolute atomic E-state index is 11.7. The Labute approximate surface area is 130 Å². The van der Waals surface area contributed by atoms with E-state index in [-0.39, 0.29) is 17.4 Å². The molecule has 1 fully saturated rings. The van der Waals surface area contributed by atoms with Crippen molar-refractivity contribution < 1.29 is 4.74 Å². The van der Waals surface area contributed by atoms with E-state index in [4.69, 9.17) is 4.74 Å². The smallest absolute Gasteiger partial charge is 0.349 e. The lowest BCUT2D eigenvalue weighted by atomic mass is 10.1. The molecule has 0 aliphatic carbocycles. The first kappa shape index (κ1) is 14.5. The van der Waals surface area contributed by atoms with Crippen LogP contribution in [-0.2, 0) is 4.74 Å². The number of aryl methyl sites for hydroxylation is 1. The van der Waals surface area contributed by atoms with Crippen molar-refractivity contribution in [3.8, 4) is 0 Å². The number of fused-ring (bicyclic) bond motifs is 1. The molecule has 2 aromatic rings. The first-order valence-corrected chi connectivity index (χ1v) is 7.95. The number of ether oxygens (including phenoxy) is 1. The molecule has 3 rings (SSSR count). The van der Waals surface area contributed by atoms with E-state index >= 15 is 0 Å². The number of H-pyrrole nitrogens is 1. The Balaban J connectivity index is 2.01. The van der Waals surface area contributed by atoms with Crippen LogP contribution in [-0.4, -0.2) is 49.7 Å². The fraction of sp³-hybridized carbons (Fsp3) is 0.615. The Bertz CT molecular complexity index is 723. The molecular weight excluding hydrogens is 338 g/mol. The molecule has 1 aliphatic heterocycles. The molecule has 0 aromatic carbocycles. The van der Waals surface area contributed by atoms with E-state index in [0.29, 0.717) is 11.5 Å². The molecule has 2 aromatic heterocycles.